The van der Waals surface area contributed by atoms with E-state index in [2.05, 4.69) is 20.8 Å². The van der Waals surface area contributed by atoms with Crippen LogP contribution < -0.4 is 15.4 Å². The fraction of sp³-hybridized carbons (Fsp3) is 0.0833. The lowest BCUT2D eigenvalue weighted by atomic mass is 10.1. The molecule has 8 heteroatoms. The summed E-state index contributed by atoms with van der Waals surface area (Å²) in [6, 6.07) is 21.5. The average molecular weight is 445 g/mol. The molecule has 0 atom stereocenters. The van der Waals surface area contributed by atoms with Gasteiger partial charge in [0.1, 0.15) is 10.8 Å². The summed E-state index contributed by atoms with van der Waals surface area (Å²) in [5.41, 5.74) is 3.11. The lowest BCUT2D eigenvalue weighted by Crippen LogP contribution is -2.18. The van der Waals surface area contributed by atoms with E-state index in [4.69, 9.17) is 4.74 Å². The molecule has 0 aliphatic carbocycles. The highest BCUT2D eigenvalue weighted by atomic mass is 32.1. The minimum atomic E-state index is -0.387. The Bertz CT molecular complexity index is 1270. The van der Waals surface area contributed by atoms with Gasteiger partial charge in [-0.05, 0) is 55.5 Å². The van der Waals surface area contributed by atoms with Crippen LogP contribution in [0.3, 0.4) is 0 Å². The van der Waals surface area contributed by atoms with Crippen molar-refractivity contribution in [2.75, 3.05) is 17.7 Å². The van der Waals surface area contributed by atoms with Crippen LogP contribution in [0.15, 0.2) is 72.8 Å². The highest BCUT2D eigenvalue weighted by Crippen LogP contribution is 2.28. The van der Waals surface area contributed by atoms with Gasteiger partial charge in [-0.3, -0.25) is 14.9 Å². The van der Waals surface area contributed by atoms with E-state index >= 15 is 0 Å². The number of ether oxygens (including phenoxy) is 1. The molecule has 3 aromatic carbocycles. The predicted octanol–water partition coefficient (Wildman–Crippen LogP) is 5.03. The van der Waals surface area contributed by atoms with E-state index in [0.717, 1.165) is 16.9 Å². The number of aromatic nitrogens is 2. The first kappa shape index (κ1) is 21.2. The van der Waals surface area contributed by atoms with Gasteiger partial charge in [-0.1, -0.05) is 41.2 Å². The van der Waals surface area contributed by atoms with Crippen molar-refractivity contribution < 1.29 is 14.3 Å². The monoisotopic (exact) mass is 444 g/mol. The van der Waals surface area contributed by atoms with E-state index in [1.807, 2.05) is 43.3 Å². The SMILES string of the molecule is COc1ccc(-c2nnc(NC(=O)c3ccccc3NC(=O)c3cccc(C)c3)s2)cc1. The lowest BCUT2D eigenvalue weighted by Gasteiger charge is -2.10. The van der Waals surface area contributed by atoms with Crippen LogP contribution in [-0.4, -0.2) is 29.1 Å². The molecule has 7 nitrogen and oxygen atoms in total. The number of anilines is 2. The van der Waals surface area contributed by atoms with Gasteiger partial charge in [-0.2, -0.15) is 0 Å². The topological polar surface area (TPSA) is 93.2 Å². The molecule has 160 valence electrons. The van der Waals surface area contributed by atoms with Crippen LogP contribution in [0.25, 0.3) is 10.6 Å². The maximum Gasteiger partial charge on any atom is 0.259 e. The number of carbonyl (C=O) groups excluding carboxylic acids is 2. The molecule has 1 aromatic heterocycles. The smallest absolute Gasteiger partial charge is 0.259 e. The Kier molecular flexibility index (Phi) is 6.23. The van der Waals surface area contributed by atoms with E-state index in [9.17, 15) is 9.59 Å². The van der Waals surface area contributed by atoms with Gasteiger partial charge < -0.3 is 10.1 Å². The number of hydrogen-bond donors (Lipinski definition) is 2. The number of benzene rings is 3. The molecule has 0 spiro atoms. The number of nitrogens with one attached hydrogen (secondary N) is 2. The number of aryl methyl sites for hydroxylation is 1. The Morgan fingerprint density at radius 1 is 0.875 bits per heavy atom. The van der Waals surface area contributed by atoms with E-state index in [-0.39, 0.29) is 11.8 Å². The standard InChI is InChI=1S/C24H20N4O3S/c1-15-6-5-7-17(14-15)21(29)25-20-9-4-3-8-19(20)22(30)26-24-28-27-23(32-24)16-10-12-18(31-2)13-11-16/h3-14H,1-2H3,(H,25,29)(H,26,28,30). The van der Waals surface area contributed by atoms with Gasteiger partial charge in [0.15, 0.2) is 0 Å². The molecule has 0 unspecified atom stereocenters. The summed E-state index contributed by atoms with van der Waals surface area (Å²) in [6.45, 7) is 1.92. The molecule has 0 aliphatic rings. The summed E-state index contributed by atoms with van der Waals surface area (Å²) in [5.74, 6) is 0.0744. The molecule has 2 N–H and O–H groups in total. The Morgan fingerprint density at radius 3 is 2.41 bits per heavy atom. The van der Waals surface area contributed by atoms with Crippen LogP contribution in [-0.2, 0) is 0 Å². The molecule has 0 fully saturated rings. The van der Waals surface area contributed by atoms with E-state index in [0.29, 0.717) is 27.0 Å². The first-order valence-electron chi connectivity index (χ1n) is 9.80. The molecule has 0 aliphatic heterocycles. The van der Waals surface area contributed by atoms with Gasteiger partial charge in [0.25, 0.3) is 11.8 Å². The predicted molar refractivity (Wildman–Crippen MR) is 125 cm³/mol. The van der Waals surface area contributed by atoms with Crippen molar-refractivity contribution in [1.29, 1.82) is 0 Å². The van der Waals surface area contributed by atoms with Gasteiger partial charge in [0, 0.05) is 11.1 Å². The number of para-hydroxylation sites is 1. The molecular weight excluding hydrogens is 424 g/mol. The number of amides is 2. The van der Waals surface area contributed by atoms with Crippen LogP contribution in [0.5, 0.6) is 5.75 Å². The molecule has 32 heavy (non-hydrogen) atoms. The first-order valence-corrected chi connectivity index (χ1v) is 10.6. The van der Waals surface area contributed by atoms with E-state index < -0.39 is 0 Å². The minimum Gasteiger partial charge on any atom is -0.497 e. The number of rotatable bonds is 6. The third kappa shape index (κ3) is 4.81. The Morgan fingerprint density at radius 2 is 1.66 bits per heavy atom. The second-order valence-corrected chi connectivity index (χ2v) is 7.94. The van der Waals surface area contributed by atoms with Crippen LogP contribution in [0.4, 0.5) is 10.8 Å². The second-order valence-electron chi connectivity index (χ2n) is 6.96. The zero-order chi connectivity index (χ0) is 22.5. The molecule has 0 bridgehead atoms. The maximum atomic E-state index is 12.9. The van der Waals surface area contributed by atoms with Gasteiger partial charge >= 0.3 is 0 Å². The number of nitrogens with zero attached hydrogens (tertiary/aromatic N) is 2. The molecule has 0 radical (unpaired) electrons. The van der Waals surface area contributed by atoms with Crippen LogP contribution in [0.2, 0.25) is 0 Å². The zero-order valence-electron chi connectivity index (χ0n) is 17.5. The first-order chi connectivity index (χ1) is 15.5. The quantitative estimate of drug-likeness (QED) is 0.435. The molecule has 4 aromatic rings. The van der Waals surface area contributed by atoms with E-state index in [1.54, 1.807) is 43.5 Å². The summed E-state index contributed by atoms with van der Waals surface area (Å²) in [6.07, 6.45) is 0. The minimum absolute atomic E-state index is 0.286. The zero-order valence-corrected chi connectivity index (χ0v) is 18.3. The van der Waals surface area contributed by atoms with Crippen molar-refractivity contribution in [2.45, 2.75) is 6.92 Å². The fourth-order valence-electron chi connectivity index (χ4n) is 3.06. The van der Waals surface area contributed by atoms with Crippen molar-refractivity contribution in [2.24, 2.45) is 0 Å². The van der Waals surface area contributed by atoms with Crippen molar-refractivity contribution in [1.82, 2.24) is 10.2 Å². The molecule has 1 heterocycles. The van der Waals surface area contributed by atoms with Crippen molar-refractivity contribution in [3.05, 3.63) is 89.5 Å². The summed E-state index contributed by atoms with van der Waals surface area (Å²) >= 11 is 1.26. The maximum absolute atomic E-state index is 12.9. The molecule has 0 saturated carbocycles. The summed E-state index contributed by atoms with van der Waals surface area (Å²) in [4.78, 5) is 25.5. The van der Waals surface area contributed by atoms with Gasteiger partial charge in [0.05, 0.1) is 18.4 Å². The van der Waals surface area contributed by atoms with Crippen molar-refractivity contribution in [3.8, 4) is 16.3 Å². The number of carbonyl (C=O) groups is 2. The van der Waals surface area contributed by atoms with E-state index in [1.165, 1.54) is 11.3 Å². The average Bonchev–Trinajstić information content (AvgIpc) is 3.28. The number of methoxy groups -OCH3 is 1. The van der Waals surface area contributed by atoms with Gasteiger partial charge in [-0.15, -0.1) is 10.2 Å². The molecule has 4 rings (SSSR count). The largest absolute Gasteiger partial charge is 0.497 e. The van der Waals surface area contributed by atoms with Crippen molar-refractivity contribution >= 4 is 34.0 Å². The second kappa shape index (κ2) is 9.40. The highest BCUT2D eigenvalue weighted by Gasteiger charge is 2.16. The Balaban J connectivity index is 1.49. The summed E-state index contributed by atoms with van der Waals surface area (Å²) < 4.78 is 5.16. The van der Waals surface area contributed by atoms with Crippen LogP contribution >= 0.6 is 11.3 Å². The molecule has 2 amide bonds. The lowest BCUT2D eigenvalue weighted by molar-refractivity contribution is 0.102. The van der Waals surface area contributed by atoms with Gasteiger partial charge in [0.2, 0.25) is 5.13 Å². The third-order valence-corrected chi connectivity index (χ3v) is 5.57. The summed E-state index contributed by atoms with van der Waals surface area (Å²) in [5, 5.41) is 14.8. The molecule has 0 saturated heterocycles. The fourth-order valence-corrected chi connectivity index (χ4v) is 3.80. The third-order valence-electron chi connectivity index (χ3n) is 4.68. The summed E-state index contributed by atoms with van der Waals surface area (Å²) in [7, 11) is 1.61. The highest BCUT2D eigenvalue weighted by molar-refractivity contribution is 7.18. The number of hydrogen-bond acceptors (Lipinski definition) is 6. The van der Waals surface area contributed by atoms with Gasteiger partial charge in [-0.25, -0.2) is 0 Å². The Hall–Kier alpha value is -4.04. The van der Waals surface area contributed by atoms with Crippen LogP contribution in [0.1, 0.15) is 26.3 Å². The molecular formula is C24H20N4O3S. The van der Waals surface area contributed by atoms with Crippen molar-refractivity contribution in [3.63, 3.8) is 0 Å². The Labute approximate surface area is 189 Å². The normalized spacial score (nSPS) is 10.4. The van der Waals surface area contributed by atoms with Crippen LogP contribution in [0, 0.1) is 6.92 Å².